The van der Waals surface area contributed by atoms with E-state index in [0.717, 1.165) is 39.0 Å². The molecule has 0 aliphatic carbocycles. The van der Waals surface area contributed by atoms with Gasteiger partial charge in [0.25, 0.3) is 41.4 Å². The average Bonchev–Trinajstić information content (AvgIpc) is 1.31. The zero-order chi connectivity index (χ0) is 65.8. The number of anilines is 6. The Kier molecular flexibility index (Phi) is 20.9. The van der Waals surface area contributed by atoms with Crippen LogP contribution in [0, 0.1) is 11.8 Å². The van der Waals surface area contributed by atoms with E-state index in [9.17, 15) is 52.7 Å². The van der Waals surface area contributed by atoms with Gasteiger partial charge in [-0.15, -0.1) is 0 Å². The molecule has 0 spiro atoms. The highest BCUT2D eigenvalue weighted by Crippen LogP contribution is 2.31. The fraction of sp³-hybridized carbons (Fsp3) is 0.397. The van der Waals surface area contributed by atoms with Crippen LogP contribution in [0.15, 0.2) is 67.8 Å². The zero-order valence-electron chi connectivity index (χ0n) is 51.5. The van der Waals surface area contributed by atoms with Crippen molar-refractivity contribution in [3.05, 3.63) is 108 Å². The second-order valence-electron chi connectivity index (χ2n) is 22.5. The van der Waals surface area contributed by atoms with E-state index in [-0.39, 0.29) is 128 Å². The Balaban J connectivity index is 0.617. The molecule has 0 bridgehead atoms. The minimum absolute atomic E-state index is 0.00565. The molecule has 0 saturated carbocycles. The van der Waals surface area contributed by atoms with Crippen LogP contribution in [0.5, 0.6) is 0 Å². The first-order valence-corrected chi connectivity index (χ1v) is 29.6. The predicted molar refractivity (Wildman–Crippen MR) is 332 cm³/mol. The van der Waals surface area contributed by atoms with Gasteiger partial charge in [-0.1, -0.05) is 0 Å². The van der Waals surface area contributed by atoms with E-state index in [1.807, 2.05) is 4.90 Å². The van der Waals surface area contributed by atoms with Gasteiger partial charge < -0.3 is 95.8 Å². The number of carbonyl (C=O) groups excluding carboxylic acids is 11. The first-order chi connectivity index (χ1) is 44.0. The maximum atomic E-state index is 13.3. The summed E-state index contributed by atoms with van der Waals surface area (Å²) in [6.45, 7) is 3.83. The number of hydrogen-bond donors (Lipinski definition) is 12. The standard InChI is InChI=1S/C58H73N23O11/c1-75-27-34(28-75)33-12-19-81(20-13-33)47(85)11-17-63-56(90)49-65-26-42(72-49)74-54(88)40-22-35(29-79(40)5)66-45(83)9-16-62-55(89)48-64-25-41(71-48)69-44(82)8-7-14-60-52(86)38-24-37(31-77(38)3)68-58(92)51-73-43(32-80(51)6)70-46(84)10-15-61-53(87)39-23-36(30-78(39)4)67-57(91)50-59-18-21-76(50)2/h18,21-26,29-34H,7-17,19-20,27-28H2,1-6H3,(H,60,86)(H,61,87)(H,62,89)(H,63,90)(H,64,71)(H,65,72)(H,66,83)(H,67,91)(H,68,92)(H,69,82)(H,70,84)(H,74,88). The van der Waals surface area contributed by atoms with E-state index >= 15 is 0 Å². The Labute approximate surface area is 525 Å². The molecule has 486 valence electrons. The highest BCUT2D eigenvalue weighted by molar-refractivity contribution is 6.06. The molecule has 2 saturated heterocycles. The SMILES string of the molecule is CN1CC(C2CCN(C(=O)CCNC(=O)c3ncc(NC(=O)c4cc(NC(=O)CCNC(=O)c5ncc(NC(=O)CCCNC(=O)c6cc(NC(=O)c7nc(NC(=O)CCNC(=O)c8cc(NC(=O)c9nccn9C)cn8C)cn7C)cn6C)[nH]5)cn4C)[nH]3)CC2)C1. The Bertz CT molecular complexity index is 3920. The highest BCUT2D eigenvalue weighted by Gasteiger charge is 2.34. The van der Waals surface area contributed by atoms with Gasteiger partial charge in [0.1, 0.15) is 28.7 Å². The van der Waals surface area contributed by atoms with Crippen LogP contribution in [0.1, 0.15) is 119 Å². The lowest BCUT2D eigenvalue weighted by Crippen LogP contribution is -2.50. The van der Waals surface area contributed by atoms with Crippen molar-refractivity contribution in [1.29, 1.82) is 0 Å². The maximum absolute atomic E-state index is 13.3. The number of nitrogens with one attached hydrogen (secondary N) is 12. The number of nitrogens with zero attached hydrogens (tertiary/aromatic N) is 11. The molecule has 2 aliphatic heterocycles. The quantitative estimate of drug-likeness (QED) is 0.0319. The number of aromatic nitrogens is 11. The molecule has 0 radical (unpaired) electrons. The van der Waals surface area contributed by atoms with Gasteiger partial charge in [0.05, 0.1) is 29.5 Å². The first-order valence-electron chi connectivity index (χ1n) is 29.6. The van der Waals surface area contributed by atoms with Crippen LogP contribution in [-0.2, 0) is 54.4 Å². The van der Waals surface area contributed by atoms with Gasteiger partial charge in [-0.25, -0.2) is 19.9 Å². The van der Waals surface area contributed by atoms with Gasteiger partial charge in [-0.05, 0) is 56.3 Å². The lowest BCUT2D eigenvalue weighted by molar-refractivity contribution is -0.133. The Morgan fingerprint density at radius 3 is 1.51 bits per heavy atom. The molecule has 34 nitrogen and oxygen atoms in total. The van der Waals surface area contributed by atoms with Crippen molar-refractivity contribution in [1.82, 2.24) is 83.8 Å². The fourth-order valence-electron chi connectivity index (χ4n) is 10.6. The van der Waals surface area contributed by atoms with Gasteiger partial charge in [0.15, 0.2) is 23.3 Å². The third-order valence-electron chi connectivity index (χ3n) is 15.4. The largest absolute Gasteiger partial charge is 0.351 e. The van der Waals surface area contributed by atoms with Gasteiger partial charge in [-0.2, -0.15) is 0 Å². The van der Waals surface area contributed by atoms with E-state index in [0.29, 0.717) is 23.2 Å². The van der Waals surface area contributed by atoms with Gasteiger partial charge in [-0.3, -0.25) is 52.7 Å². The maximum Gasteiger partial charge on any atom is 0.291 e. The molecule has 92 heavy (non-hydrogen) atoms. The number of imidazole rings is 4. The number of amides is 11. The van der Waals surface area contributed by atoms with Crippen LogP contribution in [-0.4, -0.2) is 187 Å². The Morgan fingerprint density at radius 2 is 0.957 bits per heavy atom. The topological polar surface area (TPSA) is 422 Å². The number of hydrogen-bond acceptors (Lipinski definition) is 16. The van der Waals surface area contributed by atoms with E-state index in [1.165, 1.54) is 73.6 Å². The van der Waals surface area contributed by atoms with Gasteiger partial charge >= 0.3 is 0 Å². The van der Waals surface area contributed by atoms with Crippen molar-refractivity contribution >= 4 is 99.5 Å². The number of aromatic amines is 2. The summed E-state index contributed by atoms with van der Waals surface area (Å²) in [5, 5.41) is 26.6. The summed E-state index contributed by atoms with van der Waals surface area (Å²) in [5.41, 5.74) is 1.59. The summed E-state index contributed by atoms with van der Waals surface area (Å²) in [5.74, 6) is -3.45. The number of likely N-dealkylation sites (tertiary alicyclic amines) is 2. The number of carbonyl (C=O) groups is 11. The van der Waals surface area contributed by atoms with Crippen LogP contribution in [0.3, 0.4) is 0 Å². The number of piperidine rings is 1. The summed E-state index contributed by atoms with van der Waals surface area (Å²) in [4.78, 5) is 168. The predicted octanol–water partition coefficient (Wildman–Crippen LogP) is 0.958. The van der Waals surface area contributed by atoms with E-state index in [1.54, 1.807) is 52.2 Å². The van der Waals surface area contributed by atoms with Gasteiger partial charge in [0, 0.05) is 150 Å². The number of rotatable bonds is 27. The molecule has 0 unspecified atom stereocenters. The summed E-state index contributed by atoms with van der Waals surface area (Å²) in [6, 6.07) is 4.40. The van der Waals surface area contributed by atoms with Crippen LogP contribution >= 0.6 is 0 Å². The summed E-state index contributed by atoms with van der Waals surface area (Å²) in [6.07, 6.45) is 13.8. The molecule has 0 atom stereocenters. The molecule has 11 amide bonds. The normalized spacial score (nSPS) is 13.3. The van der Waals surface area contributed by atoms with Crippen molar-refractivity contribution in [2.24, 2.45) is 47.1 Å². The molecule has 7 aromatic rings. The number of aryl methyl sites for hydroxylation is 5. The van der Waals surface area contributed by atoms with Crippen molar-refractivity contribution in [2.45, 2.75) is 44.9 Å². The monoisotopic (exact) mass is 1270 g/mol. The lowest BCUT2D eigenvalue weighted by atomic mass is 9.80. The number of H-pyrrole nitrogens is 2. The van der Waals surface area contributed by atoms with Crippen molar-refractivity contribution in [2.75, 3.05) is 91.3 Å². The van der Waals surface area contributed by atoms with Crippen molar-refractivity contribution < 1.29 is 52.7 Å². The highest BCUT2D eigenvalue weighted by atomic mass is 16.2. The van der Waals surface area contributed by atoms with Crippen LogP contribution in [0.4, 0.5) is 34.5 Å². The Hall–Kier alpha value is -11.2. The fourth-order valence-corrected chi connectivity index (χ4v) is 10.6. The molecule has 2 aliphatic rings. The molecule has 7 aromatic heterocycles. The molecular weight excluding hydrogens is 1190 g/mol. The van der Waals surface area contributed by atoms with Crippen molar-refractivity contribution in [3.63, 3.8) is 0 Å². The summed E-state index contributed by atoms with van der Waals surface area (Å²) in [7, 11) is 10.2. The molecule has 0 aromatic carbocycles. The molecular formula is C58H73N23O11. The minimum atomic E-state index is -0.645. The summed E-state index contributed by atoms with van der Waals surface area (Å²) < 4.78 is 7.49. The molecule has 2 fully saturated rings. The first kappa shape index (κ1) is 65.3. The summed E-state index contributed by atoms with van der Waals surface area (Å²) >= 11 is 0. The smallest absolute Gasteiger partial charge is 0.291 e. The van der Waals surface area contributed by atoms with E-state index in [2.05, 4.69) is 95.0 Å². The average molecular weight is 1270 g/mol. The van der Waals surface area contributed by atoms with E-state index < -0.39 is 59.1 Å². The van der Waals surface area contributed by atoms with Crippen LogP contribution < -0.4 is 53.2 Å². The molecule has 9 heterocycles. The lowest BCUT2D eigenvalue weighted by Gasteiger charge is -2.44. The molecule has 34 heteroatoms. The second kappa shape index (κ2) is 29.4. The van der Waals surface area contributed by atoms with Gasteiger partial charge in [0.2, 0.25) is 29.5 Å². The molecule has 9 rings (SSSR count). The van der Waals surface area contributed by atoms with Crippen molar-refractivity contribution in [3.8, 4) is 0 Å². The second-order valence-corrected chi connectivity index (χ2v) is 22.5. The Morgan fingerprint density at radius 1 is 0.467 bits per heavy atom. The van der Waals surface area contributed by atoms with Crippen LogP contribution in [0.2, 0.25) is 0 Å². The zero-order valence-corrected chi connectivity index (χ0v) is 51.5. The third kappa shape index (κ3) is 16.9. The van der Waals surface area contributed by atoms with Crippen LogP contribution in [0.25, 0.3) is 0 Å². The minimum Gasteiger partial charge on any atom is -0.351 e. The van der Waals surface area contributed by atoms with E-state index in [4.69, 9.17) is 0 Å². The third-order valence-corrected chi connectivity index (χ3v) is 15.4. The molecule has 12 N–H and O–H groups in total.